The molecule has 0 aliphatic heterocycles. The van der Waals surface area contributed by atoms with Crippen molar-refractivity contribution in [3.8, 4) is 0 Å². The summed E-state index contributed by atoms with van der Waals surface area (Å²) >= 11 is 0. The zero-order valence-electron chi connectivity index (χ0n) is 11.8. The number of rotatable bonds is 7. The normalized spacial score (nSPS) is 12.8. The van der Waals surface area contributed by atoms with Gasteiger partial charge in [0.15, 0.2) is 5.78 Å². The monoisotopic (exact) mass is 244 g/mol. The Morgan fingerprint density at radius 1 is 1.17 bits per heavy atom. The molecular formula is C17H24O. The molecular weight excluding hydrogens is 220 g/mol. The van der Waals surface area contributed by atoms with Crippen LogP contribution < -0.4 is 0 Å². The van der Waals surface area contributed by atoms with Crippen LogP contribution >= 0.6 is 0 Å². The summed E-state index contributed by atoms with van der Waals surface area (Å²) in [5.74, 6) is 0.623. The highest BCUT2D eigenvalue weighted by atomic mass is 16.1. The summed E-state index contributed by atoms with van der Waals surface area (Å²) < 4.78 is 0. The van der Waals surface area contributed by atoms with E-state index in [0.29, 0.717) is 5.92 Å². The van der Waals surface area contributed by atoms with Crippen molar-refractivity contribution < 1.29 is 4.79 Å². The van der Waals surface area contributed by atoms with Crippen molar-refractivity contribution in [1.29, 1.82) is 0 Å². The number of allylic oxidation sites excluding steroid dienone is 2. The summed E-state index contributed by atoms with van der Waals surface area (Å²) in [5.41, 5.74) is 2.11. The van der Waals surface area contributed by atoms with Crippen LogP contribution in [0.2, 0.25) is 0 Å². The minimum absolute atomic E-state index is 0.134. The second-order valence-corrected chi connectivity index (χ2v) is 4.79. The van der Waals surface area contributed by atoms with Crippen LogP contribution in [0.1, 0.15) is 68.3 Å². The molecule has 0 N–H and O–H groups in total. The Morgan fingerprint density at radius 2 is 1.83 bits per heavy atom. The Hall–Kier alpha value is -1.37. The summed E-state index contributed by atoms with van der Waals surface area (Å²) in [5, 5.41) is 0. The van der Waals surface area contributed by atoms with E-state index in [4.69, 9.17) is 0 Å². The van der Waals surface area contributed by atoms with Gasteiger partial charge in [-0.25, -0.2) is 0 Å². The van der Waals surface area contributed by atoms with E-state index in [2.05, 4.69) is 38.1 Å². The van der Waals surface area contributed by atoms with Crippen molar-refractivity contribution in [2.24, 2.45) is 0 Å². The van der Waals surface area contributed by atoms with E-state index in [1.54, 1.807) is 6.92 Å². The Morgan fingerprint density at radius 3 is 2.33 bits per heavy atom. The molecule has 0 aliphatic rings. The quantitative estimate of drug-likeness (QED) is 0.480. The second kappa shape index (κ2) is 7.86. The average molecular weight is 244 g/mol. The molecule has 0 saturated heterocycles. The van der Waals surface area contributed by atoms with Crippen molar-refractivity contribution in [3.63, 3.8) is 0 Å². The number of carbonyl (C=O) groups is 1. The van der Waals surface area contributed by atoms with E-state index < -0.39 is 0 Å². The maximum absolute atomic E-state index is 11.2. The lowest BCUT2D eigenvalue weighted by Gasteiger charge is -2.12. The van der Waals surface area contributed by atoms with E-state index in [1.165, 1.54) is 24.8 Å². The van der Waals surface area contributed by atoms with Gasteiger partial charge in [0.05, 0.1) is 0 Å². The van der Waals surface area contributed by atoms with Crippen molar-refractivity contribution in [3.05, 3.63) is 47.5 Å². The fourth-order valence-corrected chi connectivity index (χ4v) is 2.08. The van der Waals surface area contributed by atoms with Crippen LogP contribution in [0.5, 0.6) is 0 Å². The number of hydrogen-bond donors (Lipinski definition) is 0. The molecule has 18 heavy (non-hydrogen) atoms. The van der Waals surface area contributed by atoms with Gasteiger partial charge in [0.2, 0.25) is 0 Å². The Kier molecular flexibility index (Phi) is 6.42. The highest BCUT2D eigenvalue weighted by Crippen LogP contribution is 2.23. The molecule has 0 heterocycles. The number of ketones is 1. The maximum Gasteiger partial charge on any atom is 0.159 e. The van der Waals surface area contributed by atoms with Crippen molar-refractivity contribution >= 4 is 5.78 Å². The molecule has 0 saturated carbocycles. The first kappa shape index (κ1) is 14.7. The molecule has 1 heteroatoms. The summed E-state index contributed by atoms with van der Waals surface area (Å²) in [6.45, 7) is 6.02. The minimum atomic E-state index is 0.134. The minimum Gasteiger partial charge on any atom is -0.295 e. The SMILES string of the molecule is CCCC=CC(CCC)c1ccc(C(C)=O)cc1. The topological polar surface area (TPSA) is 17.1 Å². The van der Waals surface area contributed by atoms with Crippen molar-refractivity contribution in [2.75, 3.05) is 0 Å². The first-order chi connectivity index (χ1) is 8.69. The number of benzene rings is 1. The molecule has 1 rings (SSSR count). The largest absolute Gasteiger partial charge is 0.295 e. The first-order valence-electron chi connectivity index (χ1n) is 6.96. The Balaban J connectivity index is 2.81. The van der Waals surface area contributed by atoms with Gasteiger partial charge in [0, 0.05) is 11.5 Å². The van der Waals surface area contributed by atoms with Gasteiger partial charge in [-0.3, -0.25) is 4.79 Å². The van der Waals surface area contributed by atoms with Crippen molar-refractivity contribution in [1.82, 2.24) is 0 Å². The molecule has 1 unspecified atom stereocenters. The Bertz CT molecular complexity index is 387. The van der Waals surface area contributed by atoms with Crippen LogP contribution in [0.4, 0.5) is 0 Å². The van der Waals surface area contributed by atoms with Crippen molar-refractivity contribution in [2.45, 2.75) is 52.4 Å². The maximum atomic E-state index is 11.2. The van der Waals surface area contributed by atoms with E-state index in [9.17, 15) is 4.79 Å². The van der Waals surface area contributed by atoms with Crippen LogP contribution in [0.15, 0.2) is 36.4 Å². The number of unbranched alkanes of at least 4 members (excludes halogenated alkanes) is 1. The summed E-state index contributed by atoms with van der Waals surface area (Å²) in [6.07, 6.45) is 9.27. The van der Waals surface area contributed by atoms with Crippen LogP contribution in [0.25, 0.3) is 0 Å². The van der Waals surface area contributed by atoms with Gasteiger partial charge in [-0.2, -0.15) is 0 Å². The second-order valence-electron chi connectivity index (χ2n) is 4.79. The molecule has 1 aromatic rings. The lowest BCUT2D eigenvalue weighted by atomic mass is 9.92. The predicted octanol–water partition coefficient (Wildman–Crippen LogP) is 5.13. The molecule has 0 fully saturated rings. The van der Waals surface area contributed by atoms with Gasteiger partial charge in [-0.05, 0) is 25.3 Å². The third-order valence-electron chi connectivity index (χ3n) is 3.17. The van der Waals surface area contributed by atoms with Crippen LogP contribution in [-0.2, 0) is 0 Å². The van der Waals surface area contributed by atoms with Gasteiger partial charge >= 0.3 is 0 Å². The number of hydrogen-bond acceptors (Lipinski definition) is 1. The van der Waals surface area contributed by atoms with Gasteiger partial charge in [-0.1, -0.05) is 63.1 Å². The smallest absolute Gasteiger partial charge is 0.159 e. The van der Waals surface area contributed by atoms with Gasteiger partial charge in [-0.15, -0.1) is 0 Å². The molecule has 0 aliphatic carbocycles. The van der Waals surface area contributed by atoms with Gasteiger partial charge < -0.3 is 0 Å². The van der Waals surface area contributed by atoms with Gasteiger partial charge in [0.25, 0.3) is 0 Å². The standard InChI is InChI=1S/C17H24O/c1-4-6-7-9-16(8-5-2)17-12-10-15(11-13-17)14(3)18/h7,9-13,16H,4-6,8H2,1-3H3. The molecule has 1 aromatic carbocycles. The third kappa shape index (κ3) is 4.48. The summed E-state index contributed by atoms with van der Waals surface area (Å²) in [7, 11) is 0. The highest BCUT2D eigenvalue weighted by molar-refractivity contribution is 5.94. The van der Waals surface area contributed by atoms with E-state index >= 15 is 0 Å². The molecule has 0 amide bonds. The number of Topliss-reactive ketones (excluding diaryl/α,β-unsaturated/α-hetero) is 1. The van der Waals surface area contributed by atoms with Crippen LogP contribution in [-0.4, -0.2) is 5.78 Å². The van der Waals surface area contributed by atoms with Crippen LogP contribution in [0.3, 0.4) is 0 Å². The number of carbonyl (C=O) groups excluding carboxylic acids is 1. The zero-order chi connectivity index (χ0) is 13.4. The third-order valence-corrected chi connectivity index (χ3v) is 3.17. The van der Waals surface area contributed by atoms with Gasteiger partial charge in [0.1, 0.15) is 0 Å². The molecule has 1 nitrogen and oxygen atoms in total. The zero-order valence-corrected chi connectivity index (χ0v) is 11.8. The lowest BCUT2D eigenvalue weighted by molar-refractivity contribution is 0.101. The summed E-state index contributed by atoms with van der Waals surface area (Å²) in [6, 6.07) is 8.06. The summed E-state index contributed by atoms with van der Waals surface area (Å²) in [4.78, 5) is 11.2. The van der Waals surface area contributed by atoms with Crippen LogP contribution in [0, 0.1) is 0 Å². The molecule has 0 radical (unpaired) electrons. The Labute approximate surface area is 111 Å². The lowest BCUT2D eigenvalue weighted by Crippen LogP contribution is -1.97. The van der Waals surface area contributed by atoms with E-state index in [1.807, 2.05) is 12.1 Å². The fourth-order valence-electron chi connectivity index (χ4n) is 2.08. The molecule has 0 aromatic heterocycles. The van der Waals surface area contributed by atoms with E-state index in [-0.39, 0.29) is 5.78 Å². The average Bonchev–Trinajstić information content (AvgIpc) is 2.38. The highest BCUT2D eigenvalue weighted by Gasteiger charge is 2.07. The molecule has 98 valence electrons. The first-order valence-corrected chi connectivity index (χ1v) is 6.96. The molecule has 0 bridgehead atoms. The fraction of sp³-hybridized carbons (Fsp3) is 0.471. The molecule has 0 spiro atoms. The predicted molar refractivity (Wildman–Crippen MR) is 78.1 cm³/mol. The molecule has 1 atom stereocenters. The van der Waals surface area contributed by atoms with E-state index in [0.717, 1.165) is 12.0 Å².